The van der Waals surface area contributed by atoms with E-state index < -0.39 is 0 Å². The standard InChI is InChI=1S/C20H30FN5.HI/c1-6-22-20(23-10-7-11-26-16(4)12-15(3)25-26)24-17(5)18-9-8-14(2)19(21)13-18;/h8-9,12-13,17H,6-7,10-11H2,1-5H3,(H2,22,23,24);1H. The lowest BCUT2D eigenvalue weighted by Gasteiger charge is -2.18. The molecule has 0 saturated carbocycles. The van der Waals surface area contributed by atoms with Crippen LogP contribution in [-0.4, -0.2) is 28.8 Å². The molecule has 2 rings (SSSR count). The molecule has 0 spiro atoms. The molecule has 2 N–H and O–H groups in total. The van der Waals surface area contributed by atoms with Gasteiger partial charge in [-0.3, -0.25) is 9.67 Å². The van der Waals surface area contributed by atoms with E-state index in [9.17, 15) is 4.39 Å². The lowest BCUT2D eigenvalue weighted by atomic mass is 10.1. The number of rotatable bonds is 7. The van der Waals surface area contributed by atoms with E-state index >= 15 is 0 Å². The predicted molar refractivity (Wildman–Crippen MR) is 120 cm³/mol. The molecule has 0 aliphatic rings. The Hall–Kier alpha value is -1.64. The molecular weight excluding hydrogens is 456 g/mol. The van der Waals surface area contributed by atoms with E-state index in [1.807, 2.05) is 31.5 Å². The van der Waals surface area contributed by atoms with Crippen molar-refractivity contribution in [3.8, 4) is 0 Å². The molecule has 1 unspecified atom stereocenters. The summed E-state index contributed by atoms with van der Waals surface area (Å²) in [7, 11) is 0. The van der Waals surface area contributed by atoms with Gasteiger partial charge in [0.2, 0.25) is 0 Å². The second kappa shape index (κ2) is 11.3. The maximum atomic E-state index is 13.8. The Bertz CT molecular complexity index is 757. The maximum Gasteiger partial charge on any atom is 0.191 e. The monoisotopic (exact) mass is 487 g/mol. The van der Waals surface area contributed by atoms with Crippen LogP contribution in [0.1, 0.15) is 48.8 Å². The summed E-state index contributed by atoms with van der Waals surface area (Å²) < 4.78 is 15.8. The van der Waals surface area contributed by atoms with Crippen molar-refractivity contribution in [1.82, 2.24) is 20.4 Å². The summed E-state index contributed by atoms with van der Waals surface area (Å²) >= 11 is 0. The van der Waals surface area contributed by atoms with Crippen LogP contribution in [0.3, 0.4) is 0 Å². The predicted octanol–water partition coefficient (Wildman–Crippen LogP) is 4.27. The minimum atomic E-state index is -0.178. The highest BCUT2D eigenvalue weighted by Gasteiger charge is 2.09. The van der Waals surface area contributed by atoms with Crippen molar-refractivity contribution >= 4 is 29.9 Å². The number of nitrogens with one attached hydrogen (secondary N) is 2. The van der Waals surface area contributed by atoms with Crippen LogP contribution in [0.2, 0.25) is 0 Å². The molecule has 0 aliphatic carbocycles. The molecule has 7 heteroatoms. The van der Waals surface area contributed by atoms with Gasteiger partial charge >= 0.3 is 0 Å². The van der Waals surface area contributed by atoms with Crippen molar-refractivity contribution in [3.63, 3.8) is 0 Å². The van der Waals surface area contributed by atoms with Crippen molar-refractivity contribution in [2.75, 3.05) is 13.1 Å². The van der Waals surface area contributed by atoms with Crippen LogP contribution < -0.4 is 10.6 Å². The van der Waals surface area contributed by atoms with Crippen LogP contribution >= 0.6 is 24.0 Å². The fourth-order valence-electron chi connectivity index (χ4n) is 2.80. The van der Waals surface area contributed by atoms with Gasteiger partial charge in [0.1, 0.15) is 5.82 Å². The third-order valence-corrected chi connectivity index (χ3v) is 4.29. The first-order chi connectivity index (χ1) is 12.4. The average molecular weight is 487 g/mol. The number of aliphatic imine (C=N–C) groups is 1. The molecule has 1 aromatic heterocycles. The summed E-state index contributed by atoms with van der Waals surface area (Å²) in [5.74, 6) is 0.567. The van der Waals surface area contributed by atoms with Crippen molar-refractivity contribution < 1.29 is 4.39 Å². The summed E-state index contributed by atoms with van der Waals surface area (Å²) in [5.41, 5.74) is 3.78. The molecular formula is C20H31FIN5. The lowest BCUT2D eigenvalue weighted by Crippen LogP contribution is -2.38. The minimum absolute atomic E-state index is 0. The van der Waals surface area contributed by atoms with Crippen molar-refractivity contribution in [1.29, 1.82) is 0 Å². The molecule has 5 nitrogen and oxygen atoms in total. The molecule has 0 bridgehead atoms. The second-order valence-corrected chi connectivity index (χ2v) is 6.64. The summed E-state index contributed by atoms with van der Waals surface area (Å²) in [5, 5.41) is 11.1. The lowest BCUT2D eigenvalue weighted by molar-refractivity contribution is 0.566. The van der Waals surface area contributed by atoms with Gasteiger partial charge in [0.25, 0.3) is 0 Å². The Labute approximate surface area is 178 Å². The van der Waals surface area contributed by atoms with E-state index in [2.05, 4.69) is 33.7 Å². The Morgan fingerprint density at radius 3 is 2.59 bits per heavy atom. The van der Waals surface area contributed by atoms with E-state index in [0.717, 1.165) is 36.7 Å². The van der Waals surface area contributed by atoms with Gasteiger partial charge < -0.3 is 10.6 Å². The topological polar surface area (TPSA) is 54.2 Å². The van der Waals surface area contributed by atoms with Gasteiger partial charge in [0.15, 0.2) is 5.96 Å². The fraction of sp³-hybridized carbons (Fsp3) is 0.500. The molecule has 27 heavy (non-hydrogen) atoms. The number of aryl methyl sites for hydroxylation is 4. The Morgan fingerprint density at radius 1 is 1.26 bits per heavy atom. The van der Waals surface area contributed by atoms with Gasteiger partial charge in [-0.25, -0.2) is 4.39 Å². The number of nitrogens with zero attached hydrogens (tertiary/aromatic N) is 3. The first-order valence-electron chi connectivity index (χ1n) is 9.22. The van der Waals surface area contributed by atoms with Gasteiger partial charge in [-0.15, -0.1) is 24.0 Å². The van der Waals surface area contributed by atoms with Crippen LogP contribution in [0.4, 0.5) is 4.39 Å². The van der Waals surface area contributed by atoms with Crippen LogP contribution in [0.5, 0.6) is 0 Å². The first kappa shape index (κ1) is 23.4. The zero-order valence-corrected chi connectivity index (χ0v) is 19.2. The molecule has 0 aliphatic heterocycles. The number of guanidine groups is 1. The van der Waals surface area contributed by atoms with Gasteiger partial charge in [-0.05, 0) is 64.3 Å². The first-order valence-corrected chi connectivity index (χ1v) is 9.22. The molecule has 0 fully saturated rings. The molecule has 1 heterocycles. The maximum absolute atomic E-state index is 13.8. The third kappa shape index (κ3) is 7.12. The summed E-state index contributed by atoms with van der Waals surface area (Å²) in [6.07, 6.45) is 0.909. The molecule has 2 aromatic rings. The van der Waals surface area contributed by atoms with E-state index in [-0.39, 0.29) is 35.8 Å². The number of benzene rings is 1. The van der Waals surface area contributed by atoms with Gasteiger partial charge in [0.05, 0.1) is 11.7 Å². The van der Waals surface area contributed by atoms with E-state index in [1.165, 1.54) is 5.69 Å². The summed E-state index contributed by atoms with van der Waals surface area (Å²) in [4.78, 5) is 4.63. The Morgan fingerprint density at radius 2 is 2.00 bits per heavy atom. The van der Waals surface area contributed by atoms with Gasteiger partial charge in [-0.1, -0.05) is 12.1 Å². The second-order valence-electron chi connectivity index (χ2n) is 6.64. The highest BCUT2D eigenvalue weighted by Crippen LogP contribution is 2.16. The third-order valence-electron chi connectivity index (χ3n) is 4.29. The molecule has 0 amide bonds. The van der Waals surface area contributed by atoms with Crippen molar-refractivity contribution in [2.45, 2.75) is 53.6 Å². The average Bonchev–Trinajstić information content (AvgIpc) is 2.91. The normalized spacial score (nSPS) is 12.4. The van der Waals surface area contributed by atoms with Crippen LogP contribution in [0.15, 0.2) is 29.3 Å². The van der Waals surface area contributed by atoms with Crippen molar-refractivity contribution in [3.05, 3.63) is 52.6 Å². The molecule has 1 atom stereocenters. The smallest absolute Gasteiger partial charge is 0.191 e. The highest BCUT2D eigenvalue weighted by molar-refractivity contribution is 14.0. The summed E-state index contributed by atoms with van der Waals surface area (Å²) in [6.45, 7) is 12.2. The molecule has 1 aromatic carbocycles. The van der Waals surface area contributed by atoms with Crippen LogP contribution in [-0.2, 0) is 6.54 Å². The number of aromatic nitrogens is 2. The highest BCUT2D eigenvalue weighted by atomic mass is 127. The molecule has 150 valence electrons. The van der Waals surface area contributed by atoms with Gasteiger partial charge in [0, 0.05) is 25.3 Å². The number of hydrogen-bond donors (Lipinski definition) is 2. The quantitative estimate of drug-likeness (QED) is 0.266. The van der Waals surface area contributed by atoms with Crippen LogP contribution in [0.25, 0.3) is 0 Å². The van der Waals surface area contributed by atoms with Gasteiger partial charge in [-0.2, -0.15) is 5.10 Å². The van der Waals surface area contributed by atoms with E-state index in [4.69, 9.17) is 0 Å². The summed E-state index contributed by atoms with van der Waals surface area (Å²) in [6, 6.07) is 7.39. The number of hydrogen-bond acceptors (Lipinski definition) is 2. The fourth-order valence-corrected chi connectivity index (χ4v) is 2.80. The van der Waals surface area contributed by atoms with Crippen LogP contribution in [0, 0.1) is 26.6 Å². The van der Waals surface area contributed by atoms with E-state index in [1.54, 1.807) is 19.1 Å². The largest absolute Gasteiger partial charge is 0.357 e. The zero-order valence-electron chi connectivity index (χ0n) is 16.8. The SMILES string of the molecule is CCNC(=NCCCn1nc(C)cc1C)NC(C)c1ccc(C)c(F)c1.I. The Kier molecular flexibility index (Phi) is 9.76. The molecule has 0 saturated heterocycles. The Balaban J connectivity index is 0.00000364. The minimum Gasteiger partial charge on any atom is -0.357 e. The van der Waals surface area contributed by atoms with Crippen molar-refractivity contribution in [2.24, 2.45) is 4.99 Å². The number of halogens is 2. The molecule has 0 radical (unpaired) electrons. The van der Waals surface area contributed by atoms with E-state index in [0.29, 0.717) is 12.1 Å². The zero-order chi connectivity index (χ0) is 19.1.